The van der Waals surface area contributed by atoms with Gasteiger partial charge in [-0.05, 0) is 81.4 Å². The molecule has 3 aliphatic heterocycles. The van der Waals surface area contributed by atoms with Gasteiger partial charge < -0.3 is 63.8 Å². The van der Waals surface area contributed by atoms with E-state index in [1.807, 2.05) is 58.6 Å². The van der Waals surface area contributed by atoms with E-state index >= 15 is 0 Å². The first-order valence-electron chi connectivity index (χ1n) is 18.8. The fourth-order valence-electron chi connectivity index (χ4n) is 9.53. The van der Waals surface area contributed by atoms with Crippen LogP contribution in [-0.2, 0) is 33.2 Å². The Hall–Kier alpha value is -1.01. The van der Waals surface area contributed by atoms with Crippen molar-refractivity contribution in [1.82, 2.24) is 9.80 Å². The first kappa shape index (κ1) is 42.7. The molecule has 51 heavy (non-hydrogen) atoms. The first-order chi connectivity index (χ1) is 23.5. The monoisotopic (exact) mass is 732 g/mol. The molecule has 4 aliphatic rings. The zero-order chi connectivity index (χ0) is 38.5. The molecule has 5 N–H and O–H groups in total. The van der Waals surface area contributed by atoms with E-state index in [1.165, 1.54) is 14.0 Å². The molecule has 14 nitrogen and oxygen atoms in total. The summed E-state index contributed by atoms with van der Waals surface area (Å²) in [4.78, 5) is 18.6. The third-order valence-electron chi connectivity index (χ3n) is 12.8. The molecular weight excluding hydrogens is 664 g/mol. The van der Waals surface area contributed by atoms with Crippen molar-refractivity contribution in [2.45, 2.75) is 172 Å². The molecule has 0 aromatic heterocycles. The van der Waals surface area contributed by atoms with Crippen molar-refractivity contribution >= 4 is 5.97 Å². The van der Waals surface area contributed by atoms with E-state index in [2.05, 4.69) is 0 Å². The van der Waals surface area contributed by atoms with Crippen LogP contribution in [0.5, 0.6) is 0 Å². The van der Waals surface area contributed by atoms with E-state index in [9.17, 15) is 30.3 Å². The van der Waals surface area contributed by atoms with Gasteiger partial charge in [-0.1, -0.05) is 20.8 Å². The van der Waals surface area contributed by atoms with Crippen molar-refractivity contribution in [2.75, 3.05) is 34.8 Å². The van der Waals surface area contributed by atoms with Crippen molar-refractivity contribution in [1.29, 1.82) is 0 Å². The van der Waals surface area contributed by atoms with Gasteiger partial charge in [-0.3, -0.25) is 4.79 Å². The Morgan fingerprint density at radius 3 is 2.16 bits per heavy atom. The lowest BCUT2D eigenvalue weighted by Gasteiger charge is -2.57. The number of fused-ring (bicyclic) bond motifs is 1. The largest absolute Gasteiger partial charge is 0.459 e. The third kappa shape index (κ3) is 8.18. The molecule has 0 spiro atoms. The highest BCUT2D eigenvalue weighted by molar-refractivity contribution is 5.74. The summed E-state index contributed by atoms with van der Waals surface area (Å²) in [6, 6.07) is -0.798. The highest BCUT2D eigenvalue weighted by atomic mass is 16.7. The normalized spacial score (nSPS) is 52.2. The molecule has 3 saturated heterocycles. The Morgan fingerprint density at radius 2 is 1.59 bits per heavy atom. The molecule has 3 heterocycles. The summed E-state index contributed by atoms with van der Waals surface area (Å²) in [7, 11) is 7.13. The van der Waals surface area contributed by atoms with Gasteiger partial charge in [0.05, 0.1) is 41.5 Å². The van der Waals surface area contributed by atoms with Gasteiger partial charge in [0.1, 0.15) is 30.0 Å². The van der Waals surface area contributed by atoms with Gasteiger partial charge in [0, 0.05) is 44.0 Å². The number of hydrogen-bond acceptors (Lipinski definition) is 14. The van der Waals surface area contributed by atoms with Crippen LogP contribution in [0.4, 0.5) is 0 Å². The van der Waals surface area contributed by atoms with E-state index < -0.39 is 108 Å². The SMILES string of the molecule is CC[C@H]1OC(=O)C2C([C@@H](C)CN(C)[C@H](C)[C@@H](O)[C@]1(C)O)[C@@](C)(O)[C@H](O[C@@H]1O[C@H](C)C[C@H](N(C)C)[C@H]1O)[C@@H](C)[C@@H]2O[C@H]1C[C@@](C)(OC)[C@@H](O)[C@H](C)O1. The van der Waals surface area contributed by atoms with E-state index in [1.54, 1.807) is 27.7 Å². The van der Waals surface area contributed by atoms with Crippen molar-refractivity contribution in [2.24, 2.45) is 23.7 Å². The fourth-order valence-corrected chi connectivity index (χ4v) is 9.53. The number of nitrogens with zero attached hydrogens (tertiary/aromatic N) is 2. The van der Waals surface area contributed by atoms with E-state index in [0.29, 0.717) is 13.0 Å². The third-order valence-corrected chi connectivity index (χ3v) is 12.8. The minimum absolute atomic E-state index is 0.146. The predicted molar refractivity (Wildman–Crippen MR) is 187 cm³/mol. The number of aliphatic hydroxyl groups excluding tert-OH is 3. The maximum atomic E-state index is 14.7. The molecule has 19 atom stereocenters. The van der Waals surface area contributed by atoms with Crippen molar-refractivity contribution in [3.05, 3.63) is 0 Å². The second kappa shape index (κ2) is 16.0. The van der Waals surface area contributed by atoms with Crippen molar-refractivity contribution < 1.29 is 58.7 Å². The summed E-state index contributed by atoms with van der Waals surface area (Å²) in [6.45, 7) is 16.2. The number of likely N-dealkylation sites (N-methyl/N-ethyl adjacent to an activating group) is 2. The van der Waals surface area contributed by atoms with Crippen LogP contribution in [0, 0.1) is 23.7 Å². The summed E-state index contributed by atoms with van der Waals surface area (Å²) < 4.78 is 37.8. The average Bonchev–Trinajstić information content (AvgIpc) is 3.05. The Labute approximate surface area is 304 Å². The molecule has 1 saturated carbocycles. The number of carbonyl (C=O) groups is 1. The smallest absolute Gasteiger partial charge is 0.312 e. The molecule has 4 fully saturated rings. The molecule has 14 heteroatoms. The lowest BCUT2D eigenvalue weighted by molar-refractivity contribution is -0.341. The summed E-state index contributed by atoms with van der Waals surface area (Å²) in [6.07, 6.45) is -8.24. The second-order valence-corrected chi connectivity index (χ2v) is 17.0. The number of rotatable bonds is 7. The van der Waals surface area contributed by atoms with Crippen LogP contribution in [0.3, 0.4) is 0 Å². The van der Waals surface area contributed by atoms with Gasteiger partial charge >= 0.3 is 5.97 Å². The highest BCUT2D eigenvalue weighted by Crippen LogP contribution is 2.50. The van der Waals surface area contributed by atoms with E-state index in [0.717, 1.165) is 0 Å². The zero-order valence-corrected chi connectivity index (χ0v) is 33.1. The first-order valence-corrected chi connectivity index (χ1v) is 18.8. The van der Waals surface area contributed by atoms with Crippen LogP contribution in [0.1, 0.15) is 81.6 Å². The number of hydrogen-bond donors (Lipinski definition) is 5. The number of methoxy groups -OCH3 is 1. The number of aliphatic hydroxyl groups is 5. The second-order valence-electron chi connectivity index (χ2n) is 17.0. The predicted octanol–water partition coefficient (Wildman–Crippen LogP) is 1.12. The van der Waals surface area contributed by atoms with Crippen molar-refractivity contribution in [3.8, 4) is 0 Å². The number of cyclic esters (lactones) is 1. The molecule has 298 valence electrons. The maximum absolute atomic E-state index is 14.7. The molecule has 1 aliphatic carbocycles. The summed E-state index contributed by atoms with van der Waals surface area (Å²) in [5.41, 5.74) is -4.50. The van der Waals surface area contributed by atoms with E-state index in [4.69, 9.17) is 28.4 Å². The topological polar surface area (TPSA) is 180 Å². The van der Waals surface area contributed by atoms with Crippen LogP contribution in [0.2, 0.25) is 0 Å². The molecule has 0 amide bonds. The Bertz CT molecular complexity index is 1170. The summed E-state index contributed by atoms with van der Waals surface area (Å²) in [5, 5.41) is 58.3. The van der Waals surface area contributed by atoms with Gasteiger partial charge in [-0.2, -0.15) is 0 Å². The molecular formula is C37H68N2O12. The van der Waals surface area contributed by atoms with Gasteiger partial charge in [-0.15, -0.1) is 0 Å². The lowest BCUT2D eigenvalue weighted by Crippen LogP contribution is -2.69. The van der Waals surface area contributed by atoms with Crippen LogP contribution >= 0.6 is 0 Å². The quantitative estimate of drug-likeness (QED) is 0.235. The minimum atomic E-state index is -1.79. The molecule has 2 unspecified atom stereocenters. The lowest BCUT2D eigenvalue weighted by atomic mass is 9.58. The zero-order valence-electron chi connectivity index (χ0n) is 33.1. The standard InChI is InChI=1S/C37H68N2O12/c1-14-24-36(8,44)30(41)21(5)39(12)17-18(2)27-26(33(43)49-24)29(50-25-16-35(7,46-13)31(42)22(6)48-25)20(4)32(37(27,9)45)51-34-28(40)23(38(10)11)15-19(3)47-34/h18-32,34,40-42,44-45H,14-17H2,1-13H3/t18-,19+,20-,21+,22-,23-,24+,25-,26?,27?,28+,29-,30+,31-,32+,34-,35+,36+,37+/m0/s1. The van der Waals surface area contributed by atoms with Crippen LogP contribution < -0.4 is 0 Å². The molecule has 0 aromatic carbocycles. The molecule has 4 rings (SSSR count). The van der Waals surface area contributed by atoms with Gasteiger partial charge in [0.2, 0.25) is 0 Å². The van der Waals surface area contributed by atoms with Crippen LogP contribution in [-0.4, -0.2) is 166 Å². The Balaban J connectivity index is 1.85. The fraction of sp³-hybridized carbons (Fsp3) is 0.973. The summed E-state index contributed by atoms with van der Waals surface area (Å²) in [5.74, 6) is -3.72. The minimum Gasteiger partial charge on any atom is -0.459 e. The van der Waals surface area contributed by atoms with Crippen LogP contribution in [0.15, 0.2) is 0 Å². The van der Waals surface area contributed by atoms with Gasteiger partial charge in [0.25, 0.3) is 0 Å². The highest BCUT2D eigenvalue weighted by Gasteiger charge is 2.63. The Morgan fingerprint density at radius 1 is 0.961 bits per heavy atom. The number of ether oxygens (including phenoxy) is 6. The van der Waals surface area contributed by atoms with Gasteiger partial charge in [0.15, 0.2) is 12.6 Å². The maximum Gasteiger partial charge on any atom is 0.312 e. The Kier molecular flexibility index (Phi) is 13.4. The van der Waals surface area contributed by atoms with Crippen molar-refractivity contribution in [3.63, 3.8) is 0 Å². The van der Waals surface area contributed by atoms with Gasteiger partial charge in [-0.25, -0.2) is 0 Å². The molecule has 0 aromatic rings. The molecule has 0 bridgehead atoms. The average molecular weight is 733 g/mol. The van der Waals surface area contributed by atoms with E-state index in [-0.39, 0.29) is 25.0 Å². The number of esters is 1. The number of carbonyl (C=O) groups excluding carboxylic acids is 1. The molecule has 0 radical (unpaired) electrons. The van der Waals surface area contributed by atoms with Crippen LogP contribution in [0.25, 0.3) is 0 Å². The summed E-state index contributed by atoms with van der Waals surface area (Å²) >= 11 is 0.